The van der Waals surface area contributed by atoms with Crippen LogP contribution in [0.4, 0.5) is 0 Å². The van der Waals surface area contributed by atoms with Gasteiger partial charge >= 0.3 is 0 Å². The molecule has 0 radical (unpaired) electrons. The van der Waals surface area contributed by atoms with Gasteiger partial charge in [0.1, 0.15) is 0 Å². The van der Waals surface area contributed by atoms with Gasteiger partial charge in [-0.2, -0.15) is 11.8 Å². The molecule has 0 aromatic carbocycles. The van der Waals surface area contributed by atoms with Gasteiger partial charge in [0, 0.05) is 18.3 Å². The molecule has 4 heteroatoms. The molecule has 1 atom stereocenters. The number of guanidine groups is 1. The van der Waals surface area contributed by atoms with Crippen molar-refractivity contribution in [2.24, 2.45) is 4.99 Å². The molecule has 1 aliphatic carbocycles. The summed E-state index contributed by atoms with van der Waals surface area (Å²) >= 11 is 2.08. The summed E-state index contributed by atoms with van der Waals surface area (Å²) < 4.78 is 0. The number of rotatable bonds is 6. The van der Waals surface area contributed by atoms with E-state index in [2.05, 4.69) is 35.4 Å². The molecular weight excluding hydrogens is 266 g/mol. The smallest absolute Gasteiger partial charge is 0.191 e. The Labute approximate surface area is 128 Å². The first kappa shape index (κ1) is 15.7. The lowest BCUT2D eigenvalue weighted by Gasteiger charge is -2.15. The van der Waals surface area contributed by atoms with Gasteiger partial charge in [0.25, 0.3) is 0 Å². The van der Waals surface area contributed by atoms with Crippen LogP contribution in [0.15, 0.2) is 16.6 Å². The van der Waals surface area contributed by atoms with Crippen molar-refractivity contribution in [2.75, 3.05) is 25.4 Å². The van der Waals surface area contributed by atoms with Crippen LogP contribution in [0.5, 0.6) is 0 Å². The van der Waals surface area contributed by atoms with E-state index in [1.165, 1.54) is 50.7 Å². The molecule has 20 heavy (non-hydrogen) atoms. The maximum absolute atomic E-state index is 4.73. The third-order valence-corrected chi connectivity index (χ3v) is 5.33. The lowest BCUT2D eigenvalue weighted by Crippen LogP contribution is -2.38. The Hall–Kier alpha value is -0.640. The SMILES string of the molecule is CCNC(=NCC1CCCS1)NCCC1=CCCCC1. The summed E-state index contributed by atoms with van der Waals surface area (Å²) in [4.78, 5) is 4.73. The van der Waals surface area contributed by atoms with Gasteiger partial charge in [-0.25, -0.2) is 0 Å². The minimum absolute atomic E-state index is 0.742. The molecular formula is C16H29N3S. The molecule has 0 amide bonds. The predicted octanol–water partition coefficient (Wildman–Crippen LogP) is 3.33. The van der Waals surface area contributed by atoms with Crippen molar-refractivity contribution in [3.63, 3.8) is 0 Å². The summed E-state index contributed by atoms with van der Waals surface area (Å²) in [6.45, 7) is 5.04. The van der Waals surface area contributed by atoms with Gasteiger partial charge in [-0.3, -0.25) is 4.99 Å². The highest BCUT2D eigenvalue weighted by molar-refractivity contribution is 8.00. The van der Waals surface area contributed by atoms with Crippen molar-refractivity contribution in [2.45, 2.75) is 57.1 Å². The standard InChI is InChI=1S/C16H29N3S/c1-2-17-16(19-13-15-9-6-12-20-15)18-11-10-14-7-4-3-5-8-14/h7,15H,2-6,8-13H2,1H3,(H2,17,18,19). The molecule has 0 spiro atoms. The van der Waals surface area contributed by atoms with E-state index < -0.39 is 0 Å². The second kappa shape index (κ2) is 9.32. The summed E-state index contributed by atoms with van der Waals surface area (Å²) in [6, 6.07) is 0. The topological polar surface area (TPSA) is 36.4 Å². The maximum Gasteiger partial charge on any atom is 0.191 e. The zero-order chi connectivity index (χ0) is 14.0. The molecule has 1 saturated heterocycles. The van der Waals surface area contributed by atoms with E-state index in [9.17, 15) is 0 Å². The monoisotopic (exact) mass is 295 g/mol. The molecule has 0 saturated carbocycles. The number of nitrogens with one attached hydrogen (secondary N) is 2. The summed E-state index contributed by atoms with van der Waals surface area (Å²) in [7, 11) is 0. The van der Waals surface area contributed by atoms with E-state index in [1.807, 2.05) is 0 Å². The Morgan fingerprint density at radius 2 is 2.30 bits per heavy atom. The van der Waals surface area contributed by atoms with E-state index in [0.29, 0.717) is 0 Å². The quantitative estimate of drug-likeness (QED) is 0.448. The number of hydrogen-bond acceptors (Lipinski definition) is 2. The Balaban J connectivity index is 1.70. The first-order chi connectivity index (χ1) is 9.88. The fourth-order valence-corrected chi connectivity index (χ4v) is 3.98. The van der Waals surface area contributed by atoms with Crippen molar-refractivity contribution >= 4 is 17.7 Å². The Morgan fingerprint density at radius 3 is 3.00 bits per heavy atom. The van der Waals surface area contributed by atoms with Crippen LogP contribution in [0, 0.1) is 0 Å². The highest BCUT2D eigenvalue weighted by Crippen LogP contribution is 2.26. The van der Waals surface area contributed by atoms with Crippen LogP contribution in [0.3, 0.4) is 0 Å². The minimum atomic E-state index is 0.742. The molecule has 2 N–H and O–H groups in total. The Kier molecular flexibility index (Phi) is 7.34. The molecule has 114 valence electrons. The average Bonchev–Trinajstić information content (AvgIpc) is 2.99. The molecule has 3 nitrogen and oxygen atoms in total. The van der Waals surface area contributed by atoms with Crippen LogP contribution in [0.2, 0.25) is 0 Å². The molecule has 1 fully saturated rings. The number of thioether (sulfide) groups is 1. The molecule has 1 heterocycles. The second-order valence-electron chi connectivity index (χ2n) is 5.64. The normalized spacial score (nSPS) is 23.6. The molecule has 0 aromatic rings. The lowest BCUT2D eigenvalue weighted by molar-refractivity contribution is 0.665. The van der Waals surface area contributed by atoms with E-state index >= 15 is 0 Å². The van der Waals surface area contributed by atoms with Gasteiger partial charge in [0.05, 0.1) is 6.54 Å². The van der Waals surface area contributed by atoms with Crippen LogP contribution in [-0.2, 0) is 0 Å². The van der Waals surface area contributed by atoms with Crippen molar-refractivity contribution in [3.8, 4) is 0 Å². The first-order valence-electron chi connectivity index (χ1n) is 8.20. The molecule has 0 bridgehead atoms. The first-order valence-corrected chi connectivity index (χ1v) is 9.25. The Morgan fingerprint density at radius 1 is 1.35 bits per heavy atom. The molecule has 2 rings (SSSR count). The van der Waals surface area contributed by atoms with Crippen molar-refractivity contribution in [3.05, 3.63) is 11.6 Å². The Bertz CT molecular complexity index is 333. The van der Waals surface area contributed by atoms with Crippen LogP contribution < -0.4 is 10.6 Å². The van der Waals surface area contributed by atoms with Crippen molar-refractivity contribution in [1.82, 2.24) is 10.6 Å². The third-order valence-electron chi connectivity index (χ3n) is 3.94. The fraction of sp³-hybridized carbons (Fsp3) is 0.812. The molecule has 1 aliphatic heterocycles. The van der Waals surface area contributed by atoms with Gasteiger partial charge in [-0.1, -0.05) is 11.6 Å². The molecule has 0 aromatic heterocycles. The van der Waals surface area contributed by atoms with E-state index in [1.54, 1.807) is 5.57 Å². The highest BCUT2D eigenvalue weighted by Gasteiger charge is 2.14. The van der Waals surface area contributed by atoms with Crippen LogP contribution in [-0.4, -0.2) is 36.6 Å². The van der Waals surface area contributed by atoms with Crippen LogP contribution in [0.25, 0.3) is 0 Å². The number of allylic oxidation sites excluding steroid dienone is 1. The van der Waals surface area contributed by atoms with E-state index in [-0.39, 0.29) is 0 Å². The summed E-state index contributed by atoms with van der Waals surface area (Å²) in [5.41, 5.74) is 1.63. The fourth-order valence-electron chi connectivity index (χ4n) is 2.80. The lowest BCUT2D eigenvalue weighted by atomic mass is 9.97. The number of nitrogens with zero attached hydrogens (tertiary/aromatic N) is 1. The van der Waals surface area contributed by atoms with Crippen molar-refractivity contribution < 1.29 is 0 Å². The third kappa shape index (κ3) is 5.78. The van der Waals surface area contributed by atoms with E-state index in [0.717, 1.165) is 30.8 Å². The van der Waals surface area contributed by atoms with Gasteiger partial charge < -0.3 is 10.6 Å². The highest BCUT2D eigenvalue weighted by atomic mass is 32.2. The molecule has 2 aliphatic rings. The summed E-state index contributed by atoms with van der Waals surface area (Å²) in [5, 5.41) is 7.58. The summed E-state index contributed by atoms with van der Waals surface area (Å²) in [5.74, 6) is 2.31. The van der Waals surface area contributed by atoms with Crippen molar-refractivity contribution in [1.29, 1.82) is 0 Å². The zero-order valence-electron chi connectivity index (χ0n) is 12.8. The average molecular weight is 295 g/mol. The maximum atomic E-state index is 4.73. The van der Waals surface area contributed by atoms with Gasteiger partial charge in [0.15, 0.2) is 5.96 Å². The van der Waals surface area contributed by atoms with Crippen LogP contribution in [0.1, 0.15) is 51.9 Å². The van der Waals surface area contributed by atoms with E-state index in [4.69, 9.17) is 4.99 Å². The predicted molar refractivity (Wildman–Crippen MR) is 90.6 cm³/mol. The van der Waals surface area contributed by atoms with Crippen LogP contribution >= 0.6 is 11.8 Å². The van der Waals surface area contributed by atoms with Gasteiger partial charge in [-0.15, -0.1) is 0 Å². The summed E-state index contributed by atoms with van der Waals surface area (Å²) in [6.07, 6.45) is 11.6. The largest absolute Gasteiger partial charge is 0.357 e. The number of aliphatic imine (C=N–C) groups is 1. The number of hydrogen-bond donors (Lipinski definition) is 2. The second-order valence-corrected chi connectivity index (χ2v) is 7.05. The minimum Gasteiger partial charge on any atom is -0.357 e. The van der Waals surface area contributed by atoms with Gasteiger partial charge in [-0.05, 0) is 57.6 Å². The molecule has 1 unspecified atom stereocenters. The van der Waals surface area contributed by atoms with Gasteiger partial charge in [0.2, 0.25) is 0 Å². The zero-order valence-corrected chi connectivity index (χ0v) is 13.6.